The molecule has 1 aromatic heterocycles. The molecule has 0 bridgehead atoms. The molecular weight excluding hydrogens is 400 g/mol. The quantitative estimate of drug-likeness (QED) is 0.537. The fourth-order valence-electron chi connectivity index (χ4n) is 2.25. The molecule has 134 valence electrons. The van der Waals surface area contributed by atoms with Crippen LogP contribution >= 0.6 is 23.4 Å². The van der Waals surface area contributed by atoms with Crippen LogP contribution in [0, 0.1) is 11.3 Å². The molecule has 0 N–H and O–H groups in total. The molecule has 0 aliphatic carbocycles. The Balaban J connectivity index is 2.01. The Bertz CT molecular complexity index is 1120. The maximum absolute atomic E-state index is 12.7. The van der Waals surface area contributed by atoms with E-state index in [2.05, 4.69) is 4.98 Å². The number of hydrogen-bond acceptors (Lipinski definition) is 5. The van der Waals surface area contributed by atoms with E-state index in [-0.39, 0.29) is 9.93 Å². The third-order valence-corrected chi connectivity index (χ3v) is 6.49. The van der Waals surface area contributed by atoms with Crippen molar-refractivity contribution in [2.75, 3.05) is 0 Å². The van der Waals surface area contributed by atoms with Crippen molar-refractivity contribution in [2.45, 2.75) is 14.8 Å². The van der Waals surface area contributed by atoms with E-state index in [4.69, 9.17) is 11.6 Å². The van der Waals surface area contributed by atoms with Gasteiger partial charge in [-0.25, -0.2) is 13.4 Å². The van der Waals surface area contributed by atoms with E-state index < -0.39 is 9.84 Å². The number of halogens is 1. The third-order valence-electron chi connectivity index (χ3n) is 3.56. The van der Waals surface area contributed by atoms with Crippen LogP contribution < -0.4 is 0 Å². The van der Waals surface area contributed by atoms with Gasteiger partial charge in [0.05, 0.1) is 0 Å². The first kappa shape index (κ1) is 19.2. The Hall–Kier alpha value is -2.59. The van der Waals surface area contributed by atoms with E-state index in [0.29, 0.717) is 10.6 Å². The Morgan fingerprint density at radius 3 is 2.41 bits per heavy atom. The second-order valence-corrected chi connectivity index (χ2v) is 8.80. The number of nitriles is 1. The molecule has 0 aliphatic rings. The van der Waals surface area contributed by atoms with Crippen molar-refractivity contribution in [3.63, 3.8) is 0 Å². The minimum Gasteiger partial charge on any atom is -0.244 e. The molecule has 0 radical (unpaired) electrons. The molecule has 0 spiro atoms. The maximum atomic E-state index is 12.7. The van der Waals surface area contributed by atoms with Gasteiger partial charge in [0, 0.05) is 21.0 Å². The van der Waals surface area contributed by atoms with Gasteiger partial charge in [0.1, 0.15) is 6.07 Å². The average molecular weight is 413 g/mol. The molecule has 0 amide bonds. The summed E-state index contributed by atoms with van der Waals surface area (Å²) in [6, 6.07) is 21.0. The van der Waals surface area contributed by atoms with E-state index in [1.165, 1.54) is 30.1 Å². The molecule has 0 aliphatic heterocycles. The zero-order valence-electron chi connectivity index (χ0n) is 13.9. The molecule has 0 fully saturated rings. The Kier molecular flexibility index (Phi) is 5.97. The SMILES string of the molecule is N#CC(=Cc1ccccc1Sc1ccc(Cl)cc1)S(=O)(=O)c1ccccn1. The lowest BCUT2D eigenvalue weighted by Gasteiger charge is -2.07. The summed E-state index contributed by atoms with van der Waals surface area (Å²) in [5.74, 6) is 0. The van der Waals surface area contributed by atoms with Crippen LogP contribution in [0.2, 0.25) is 5.02 Å². The van der Waals surface area contributed by atoms with Crippen molar-refractivity contribution in [3.05, 3.63) is 88.4 Å². The van der Waals surface area contributed by atoms with Crippen molar-refractivity contribution in [3.8, 4) is 6.07 Å². The lowest BCUT2D eigenvalue weighted by Crippen LogP contribution is -2.05. The van der Waals surface area contributed by atoms with Gasteiger partial charge < -0.3 is 0 Å². The highest BCUT2D eigenvalue weighted by Gasteiger charge is 2.22. The number of benzene rings is 2. The molecule has 7 heteroatoms. The summed E-state index contributed by atoms with van der Waals surface area (Å²) in [5.41, 5.74) is 0.633. The smallest absolute Gasteiger partial charge is 0.233 e. The predicted octanol–water partition coefficient (Wildman–Crippen LogP) is 5.22. The number of pyridine rings is 1. The van der Waals surface area contributed by atoms with E-state index in [1.807, 2.05) is 24.3 Å². The molecule has 3 aromatic rings. The van der Waals surface area contributed by atoms with Crippen LogP contribution in [0.1, 0.15) is 5.56 Å². The van der Waals surface area contributed by atoms with Crippen LogP contribution in [0.5, 0.6) is 0 Å². The maximum Gasteiger partial charge on any atom is 0.233 e. The normalized spacial score (nSPS) is 11.8. The van der Waals surface area contributed by atoms with Gasteiger partial charge in [0.2, 0.25) is 9.84 Å². The minimum absolute atomic E-state index is 0.152. The van der Waals surface area contributed by atoms with Crippen LogP contribution in [-0.4, -0.2) is 13.4 Å². The summed E-state index contributed by atoms with van der Waals surface area (Å²) in [7, 11) is -3.98. The van der Waals surface area contributed by atoms with E-state index in [0.717, 1.165) is 9.79 Å². The molecule has 0 saturated carbocycles. The average Bonchev–Trinajstić information content (AvgIpc) is 2.69. The zero-order chi connectivity index (χ0) is 19.3. The van der Waals surface area contributed by atoms with Gasteiger partial charge in [0.15, 0.2) is 9.93 Å². The third kappa shape index (κ3) is 4.58. The first-order valence-electron chi connectivity index (χ1n) is 7.81. The summed E-state index contributed by atoms with van der Waals surface area (Å²) < 4.78 is 25.4. The van der Waals surface area contributed by atoms with E-state index >= 15 is 0 Å². The number of aromatic nitrogens is 1. The molecule has 27 heavy (non-hydrogen) atoms. The molecule has 1 heterocycles. The monoisotopic (exact) mass is 412 g/mol. The van der Waals surface area contributed by atoms with Crippen molar-refractivity contribution >= 4 is 39.3 Å². The molecule has 0 unspecified atom stereocenters. The molecule has 0 saturated heterocycles. The topological polar surface area (TPSA) is 70.8 Å². The lowest BCUT2D eigenvalue weighted by atomic mass is 10.2. The molecular formula is C20H13ClN2O2S2. The lowest BCUT2D eigenvalue weighted by molar-refractivity contribution is 0.600. The summed E-state index contributed by atoms with van der Waals surface area (Å²) in [6.45, 7) is 0. The Morgan fingerprint density at radius 1 is 1.04 bits per heavy atom. The highest BCUT2D eigenvalue weighted by Crippen LogP contribution is 2.33. The van der Waals surface area contributed by atoms with Gasteiger partial charge in [-0.2, -0.15) is 5.26 Å². The van der Waals surface area contributed by atoms with Crippen LogP contribution in [0.3, 0.4) is 0 Å². The molecule has 2 aromatic carbocycles. The summed E-state index contributed by atoms with van der Waals surface area (Å²) in [4.78, 5) is 5.28. The van der Waals surface area contributed by atoms with Crippen molar-refractivity contribution < 1.29 is 8.42 Å². The largest absolute Gasteiger partial charge is 0.244 e. The molecule has 0 atom stereocenters. The van der Waals surface area contributed by atoms with Crippen molar-refractivity contribution in [2.24, 2.45) is 0 Å². The fourth-order valence-corrected chi connectivity index (χ4v) is 4.38. The van der Waals surface area contributed by atoms with Gasteiger partial charge >= 0.3 is 0 Å². The zero-order valence-corrected chi connectivity index (χ0v) is 16.3. The standard InChI is InChI=1S/C20H13ClN2O2S2/c21-16-8-10-17(11-9-16)26-19-6-2-1-5-15(19)13-18(14-22)27(24,25)20-7-3-4-12-23-20/h1-13H. The second kappa shape index (κ2) is 8.40. The summed E-state index contributed by atoms with van der Waals surface area (Å²) in [6.07, 6.45) is 2.76. The van der Waals surface area contributed by atoms with Gasteiger partial charge in [0.25, 0.3) is 0 Å². The summed E-state index contributed by atoms with van der Waals surface area (Å²) in [5, 5.41) is 9.94. The van der Waals surface area contributed by atoms with Gasteiger partial charge in [-0.3, -0.25) is 0 Å². The fraction of sp³-hybridized carbons (Fsp3) is 0. The first-order chi connectivity index (χ1) is 13.0. The predicted molar refractivity (Wildman–Crippen MR) is 107 cm³/mol. The van der Waals surface area contributed by atoms with Crippen molar-refractivity contribution in [1.29, 1.82) is 5.26 Å². The number of rotatable bonds is 5. The minimum atomic E-state index is -3.98. The Morgan fingerprint density at radius 2 is 1.74 bits per heavy atom. The summed E-state index contributed by atoms with van der Waals surface area (Å²) >= 11 is 7.37. The van der Waals surface area contributed by atoms with Gasteiger partial charge in [-0.1, -0.05) is 47.6 Å². The van der Waals surface area contributed by atoms with Crippen LogP contribution in [0.4, 0.5) is 0 Å². The number of nitrogens with zero attached hydrogens (tertiary/aromatic N) is 2. The van der Waals surface area contributed by atoms with Crippen molar-refractivity contribution in [1.82, 2.24) is 4.98 Å². The van der Waals surface area contributed by atoms with Gasteiger partial charge in [-0.05, 0) is 54.1 Å². The van der Waals surface area contributed by atoms with E-state index in [9.17, 15) is 13.7 Å². The number of sulfone groups is 1. The van der Waals surface area contributed by atoms with Crippen LogP contribution in [-0.2, 0) is 9.84 Å². The van der Waals surface area contributed by atoms with E-state index in [1.54, 1.807) is 42.5 Å². The second-order valence-electron chi connectivity index (χ2n) is 5.39. The highest BCUT2D eigenvalue weighted by molar-refractivity contribution is 7.99. The van der Waals surface area contributed by atoms with Gasteiger partial charge in [-0.15, -0.1) is 0 Å². The first-order valence-corrected chi connectivity index (χ1v) is 10.5. The molecule has 4 nitrogen and oxygen atoms in total. The number of allylic oxidation sites excluding steroid dienone is 1. The Labute approximate surface area is 167 Å². The van der Waals surface area contributed by atoms with Crippen LogP contribution in [0.15, 0.2) is 92.6 Å². The highest BCUT2D eigenvalue weighted by atomic mass is 35.5. The van der Waals surface area contributed by atoms with Crippen LogP contribution in [0.25, 0.3) is 6.08 Å². The number of hydrogen-bond donors (Lipinski definition) is 0. The molecule has 3 rings (SSSR count).